The minimum atomic E-state index is 0. The van der Waals surface area contributed by atoms with E-state index < -0.39 is 0 Å². The van der Waals surface area contributed by atoms with Crippen molar-refractivity contribution < 1.29 is 0 Å². The van der Waals surface area contributed by atoms with Crippen molar-refractivity contribution in [1.82, 2.24) is 15.1 Å². The molecule has 2 rings (SSSR count). The molecule has 0 saturated heterocycles. The molecule has 0 spiro atoms. The Morgan fingerprint density at radius 3 is 2.88 bits per heavy atom. The van der Waals surface area contributed by atoms with Gasteiger partial charge in [-0.05, 0) is 25.8 Å². The second kappa shape index (κ2) is 6.92. The molecule has 4 heteroatoms. The SMILES string of the molecule is CCCNCc1cnn(C2CCCC2)c1.Cl. The van der Waals surface area contributed by atoms with E-state index in [4.69, 9.17) is 0 Å². The molecule has 1 aromatic rings. The maximum absolute atomic E-state index is 4.45. The highest BCUT2D eigenvalue weighted by Gasteiger charge is 2.17. The molecule has 3 nitrogen and oxygen atoms in total. The van der Waals surface area contributed by atoms with Gasteiger partial charge in [0, 0.05) is 18.3 Å². The smallest absolute Gasteiger partial charge is 0.0534 e. The molecule has 0 radical (unpaired) electrons. The Bertz CT molecular complexity index is 292. The predicted octanol–water partition coefficient (Wildman–Crippen LogP) is 2.92. The van der Waals surface area contributed by atoms with Crippen LogP contribution in [0.2, 0.25) is 0 Å². The molecule has 92 valence electrons. The Kier molecular flexibility index (Phi) is 5.85. The Morgan fingerprint density at radius 1 is 1.44 bits per heavy atom. The van der Waals surface area contributed by atoms with E-state index in [-0.39, 0.29) is 12.4 Å². The summed E-state index contributed by atoms with van der Waals surface area (Å²) in [4.78, 5) is 0. The standard InChI is InChI=1S/C12H21N3.ClH/c1-2-7-13-8-11-9-14-15(10-11)12-5-3-4-6-12;/h9-10,12-13H,2-8H2,1H3;1H. The summed E-state index contributed by atoms with van der Waals surface area (Å²) >= 11 is 0. The summed E-state index contributed by atoms with van der Waals surface area (Å²) in [6.45, 7) is 4.24. The highest BCUT2D eigenvalue weighted by Crippen LogP contribution is 2.28. The van der Waals surface area contributed by atoms with E-state index in [0.717, 1.165) is 13.1 Å². The van der Waals surface area contributed by atoms with Crippen molar-refractivity contribution in [1.29, 1.82) is 0 Å². The first-order valence-corrected chi connectivity index (χ1v) is 6.14. The number of hydrogen-bond donors (Lipinski definition) is 1. The summed E-state index contributed by atoms with van der Waals surface area (Å²) in [5, 5.41) is 7.86. The van der Waals surface area contributed by atoms with Gasteiger partial charge in [0.2, 0.25) is 0 Å². The third-order valence-corrected chi connectivity index (χ3v) is 3.11. The van der Waals surface area contributed by atoms with Gasteiger partial charge in [0.15, 0.2) is 0 Å². The lowest BCUT2D eigenvalue weighted by atomic mass is 10.2. The van der Waals surface area contributed by atoms with Crippen molar-refractivity contribution in [2.24, 2.45) is 0 Å². The Hall–Kier alpha value is -0.540. The minimum absolute atomic E-state index is 0. The molecule has 0 amide bonds. The summed E-state index contributed by atoms with van der Waals surface area (Å²) in [6.07, 6.45) is 10.8. The molecular weight excluding hydrogens is 222 g/mol. The van der Waals surface area contributed by atoms with E-state index in [1.807, 2.05) is 6.20 Å². The average molecular weight is 244 g/mol. The Labute approximate surface area is 104 Å². The fourth-order valence-electron chi connectivity index (χ4n) is 2.25. The van der Waals surface area contributed by atoms with Crippen molar-refractivity contribution in [3.63, 3.8) is 0 Å². The zero-order chi connectivity index (χ0) is 10.5. The van der Waals surface area contributed by atoms with Crippen LogP contribution in [0.1, 0.15) is 50.6 Å². The van der Waals surface area contributed by atoms with Gasteiger partial charge in [0.1, 0.15) is 0 Å². The van der Waals surface area contributed by atoms with Gasteiger partial charge in [-0.3, -0.25) is 4.68 Å². The molecule has 1 aliphatic carbocycles. The van der Waals surface area contributed by atoms with Crippen LogP contribution in [-0.2, 0) is 6.54 Å². The molecule has 0 atom stereocenters. The normalized spacial score (nSPS) is 16.3. The lowest BCUT2D eigenvalue weighted by molar-refractivity contribution is 0.466. The van der Waals surface area contributed by atoms with E-state index >= 15 is 0 Å². The molecule has 1 heterocycles. The molecular formula is C12H22ClN3. The number of nitrogens with zero attached hydrogens (tertiary/aromatic N) is 2. The van der Waals surface area contributed by atoms with Crippen molar-refractivity contribution in [3.05, 3.63) is 18.0 Å². The highest BCUT2D eigenvalue weighted by atomic mass is 35.5. The number of hydrogen-bond acceptors (Lipinski definition) is 2. The van der Waals surface area contributed by atoms with E-state index in [9.17, 15) is 0 Å². The minimum Gasteiger partial charge on any atom is -0.313 e. The zero-order valence-corrected chi connectivity index (χ0v) is 10.8. The summed E-state index contributed by atoms with van der Waals surface area (Å²) in [6, 6.07) is 0.671. The van der Waals surface area contributed by atoms with Crippen molar-refractivity contribution in [3.8, 4) is 0 Å². The molecule has 1 fully saturated rings. The van der Waals surface area contributed by atoms with Gasteiger partial charge >= 0.3 is 0 Å². The maximum Gasteiger partial charge on any atom is 0.0534 e. The van der Waals surface area contributed by atoms with Gasteiger partial charge in [-0.1, -0.05) is 19.8 Å². The number of rotatable bonds is 5. The van der Waals surface area contributed by atoms with E-state index in [2.05, 4.69) is 28.2 Å². The number of aromatic nitrogens is 2. The number of nitrogens with one attached hydrogen (secondary N) is 1. The average Bonchev–Trinajstić information content (AvgIpc) is 2.87. The molecule has 0 aliphatic heterocycles. The first-order chi connectivity index (χ1) is 7.40. The fourth-order valence-corrected chi connectivity index (χ4v) is 2.25. The van der Waals surface area contributed by atoms with Crippen molar-refractivity contribution in [2.45, 2.75) is 51.6 Å². The first-order valence-electron chi connectivity index (χ1n) is 6.14. The van der Waals surface area contributed by atoms with Crippen LogP contribution in [0.15, 0.2) is 12.4 Å². The van der Waals surface area contributed by atoms with Crippen LogP contribution >= 0.6 is 12.4 Å². The molecule has 0 unspecified atom stereocenters. The molecule has 1 N–H and O–H groups in total. The quantitative estimate of drug-likeness (QED) is 0.806. The molecule has 1 aliphatic rings. The molecule has 16 heavy (non-hydrogen) atoms. The van der Waals surface area contributed by atoms with Crippen LogP contribution in [-0.4, -0.2) is 16.3 Å². The topological polar surface area (TPSA) is 29.9 Å². The molecule has 1 saturated carbocycles. The third-order valence-electron chi connectivity index (χ3n) is 3.11. The van der Waals surface area contributed by atoms with Gasteiger partial charge in [-0.25, -0.2) is 0 Å². The van der Waals surface area contributed by atoms with Gasteiger partial charge in [-0.15, -0.1) is 12.4 Å². The summed E-state index contributed by atoms with van der Waals surface area (Å²) < 4.78 is 2.16. The van der Waals surface area contributed by atoms with Gasteiger partial charge in [0.05, 0.1) is 12.2 Å². The van der Waals surface area contributed by atoms with Crippen molar-refractivity contribution >= 4 is 12.4 Å². The summed E-state index contributed by atoms with van der Waals surface area (Å²) in [7, 11) is 0. The highest BCUT2D eigenvalue weighted by molar-refractivity contribution is 5.85. The Balaban J connectivity index is 0.00000128. The second-order valence-corrected chi connectivity index (χ2v) is 4.44. The van der Waals surface area contributed by atoms with Gasteiger partial charge < -0.3 is 5.32 Å². The largest absolute Gasteiger partial charge is 0.313 e. The number of halogens is 1. The predicted molar refractivity (Wildman–Crippen MR) is 69.0 cm³/mol. The fraction of sp³-hybridized carbons (Fsp3) is 0.750. The lowest BCUT2D eigenvalue weighted by Gasteiger charge is -2.08. The first kappa shape index (κ1) is 13.5. The van der Waals surface area contributed by atoms with E-state index in [1.165, 1.54) is 37.7 Å². The Morgan fingerprint density at radius 2 is 2.19 bits per heavy atom. The maximum atomic E-state index is 4.45. The van der Waals surface area contributed by atoms with Crippen LogP contribution < -0.4 is 5.32 Å². The van der Waals surface area contributed by atoms with Gasteiger partial charge in [-0.2, -0.15) is 5.10 Å². The molecule has 0 bridgehead atoms. The van der Waals surface area contributed by atoms with Crippen LogP contribution in [0.5, 0.6) is 0 Å². The van der Waals surface area contributed by atoms with Crippen molar-refractivity contribution in [2.75, 3.05) is 6.54 Å². The molecule has 1 aromatic heterocycles. The second-order valence-electron chi connectivity index (χ2n) is 4.44. The van der Waals surface area contributed by atoms with Crippen LogP contribution in [0.25, 0.3) is 0 Å². The van der Waals surface area contributed by atoms with E-state index in [0.29, 0.717) is 6.04 Å². The van der Waals surface area contributed by atoms with E-state index in [1.54, 1.807) is 0 Å². The molecule has 0 aromatic carbocycles. The third kappa shape index (κ3) is 3.49. The van der Waals surface area contributed by atoms with Crippen LogP contribution in [0.4, 0.5) is 0 Å². The van der Waals surface area contributed by atoms with Gasteiger partial charge in [0.25, 0.3) is 0 Å². The zero-order valence-electron chi connectivity index (χ0n) is 9.98. The lowest BCUT2D eigenvalue weighted by Crippen LogP contribution is -2.13. The summed E-state index contributed by atoms with van der Waals surface area (Å²) in [5.41, 5.74) is 1.32. The van der Waals surface area contributed by atoms with Crippen LogP contribution in [0.3, 0.4) is 0 Å². The monoisotopic (exact) mass is 243 g/mol. The summed E-state index contributed by atoms with van der Waals surface area (Å²) in [5.74, 6) is 0. The van der Waals surface area contributed by atoms with Crippen LogP contribution in [0, 0.1) is 0 Å².